The van der Waals surface area contributed by atoms with Crippen LogP contribution in [0.25, 0.3) is 0 Å². The smallest absolute Gasteiger partial charge is 0.297 e. The minimum atomic E-state index is -3.80. The molecule has 4 saturated carbocycles. The van der Waals surface area contributed by atoms with Crippen molar-refractivity contribution in [3.63, 3.8) is 0 Å². The molecule has 32 heavy (non-hydrogen) atoms. The zero-order chi connectivity index (χ0) is 22.9. The predicted octanol–water partition coefficient (Wildman–Crippen LogP) is 4.86. The fourth-order valence-corrected chi connectivity index (χ4v) is 8.95. The van der Waals surface area contributed by atoms with Crippen LogP contribution in [0.5, 0.6) is 0 Å². The van der Waals surface area contributed by atoms with Crippen LogP contribution in [0.2, 0.25) is 0 Å². The Morgan fingerprint density at radius 3 is 2.44 bits per heavy atom. The van der Waals surface area contributed by atoms with E-state index >= 15 is 0 Å². The number of fused-ring (bicyclic) bond motifs is 5. The second-order valence-corrected chi connectivity index (χ2v) is 12.9. The molecule has 0 spiro atoms. The number of ketones is 2. The average molecular weight is 459 g/mol. The average Bonchev–Trinajstić information content (AvgIpc) is 3.02. The van der Waals surface area contributed by atoms with Crippen LogP contribution in [0.1, 0.15) is 70.8 Å². The lowest BCUT2D eigenvalue weighted by atomic mass is 9.45. The molecular weight excluding hydrogens is 424 g/mol. The lowest BCUT2D eigenvalue weighted by molar-refractivity contribution is -0.161. The van der Waals surface area contributed by atoms with Gasteiger partial charge in [-0.3, -0.25) is 13.8 Å². The summed E-state index contributed by atoms with van der Waals surface area (Å²) in [7, 11) is -3.80. The molecule has 0 saturated heterocycles. The van der Waals surface area contributed by atoms with E-state index in [9.17, 15) is 18.0 Å². The molecule has 174 valence electrons. The zero-order valence-corrected chi connectivity index (χ0v) is 20.1. The molecule has 1 aromatic rings. The maximum Gasteiger partial charge on any atom is 0.297 e. The summed E-state index contributed by atoms with van der Waals surface area (Å²) in [6.07, 6.45) is 5.66. The fourth-order valence-electron chi connectivity index (χ4n) is 7.84. The lowest BCUT2D eigenvalue weighted by Gasteiger charge is -2.59. The van der Waals surface area contributed by atoms with Gasteiger partial charge in [-0.25, -0.2) is 0 Å². The zero-order valence-electron chi connectivity index (χ0n) is 19.3. The summed E-state index contributed by atoms with van der Waals surface area (Å²) in [6, 6.07) is 6.77. The van der Waals surface area contributed by atoms with Crippen molar-refractivity contribution in [2.75, 3.05) is 0 Å². The Hall–Kier alpha value is -1.53. The van der Waals surface area contributed by atoms with E-state index in [2.05, 4.69) is 6.92 Å². The molecule has 1 aromatic carbocycles. The molecule has 4 aliphatic carbocycles. The standard InChI is InChI=1S/C26H34O5S/c1-16-4-7-19(8-5-16)32(29,30)31-18-12-13-25(2)17(14-18)6-9-20-21-10-11-23(28)26(21,3)15-22(27)24(20)25/h4-5,7-8,17-18,20-21,24H,6,9-15H2,1-3H3. The first kappa shape index (κ1) is 22.3. The van der Waals surface area contributed by atoms with Gasteiger partial charge in [-0.05, 0) is 80.8 Å². The van der Waals surface area contributed by atoms with Crippen LogP contribution >= 0.6 is 0 Å². The number of Topliss-reactive ketones (excluding diaryl/α,β-unsaturated/α-hetero) is 2. The highest BCUT2D eigenvalue weighted by molar-refractivity contribution is 7.86. The van der Waals surface area contributed by atoms with E-state index in [0.717, 1.165) is 31.2 Å². The van der Waals surface area contributed by atoms with Gasteiger partial charge in [-0.2, -0.15) is 8.42 Å². The SMILES string of the molecule is Cc1ccc(S(=O)(=O)OC2CCC3(C)C(CCC4C5CCC(=O)C5(C)CC(=O)C43)C2)cc1. The molecule has 0 aromatic heterocycles. The van der Waals surface area contributed by atoms with E-state index in [1.165, 1.54) is 0 Å². The highest BCUT2D eigenvalue weighted by atomic mass is 32.2. The minimum Gasteiger partial charge on any atom is -0.299 e. The summed E-state index contributed by atoms with van der Waals surface area (Å²) in [5.41, 5.74) is 0.427. The van der Waals surface area contributed by atoms with E-state index in [4.69, 9.17) is 4.18 Å². The number of aryl methyl sites for hydroxylation is 1. The molecule has 0 bridgehead atoms. The highest BCUT2D eigenvalue weighted by Gasteiger charge is 2.63. The van der Waals surface area contributed by atoms with E-state index in [1.807, 2.05) is 13.8 Å². The number of hydrogen-bond donors (Lipinski definition) is 0. The van der Waals surface area contributed by atoms with Crippen molar-refractivity contribution in [3.8, 4) is 0 Å². The summed E-state index contributed by atoms with van der Waals surface area (Å²) in [4.78, 5) is 26.2. The normalized spacial score (nSPS) is 41.7. The number of benzene rings is 1. The molecule has 0 radical (unpaired) electrons. The van der Waals surface area contributed by atoms with Gasteiger partial charge < -0.3 is 0 Å². The third-order valence-electron chi connectivity index (χ3n) is 9.59. The molecular formula is C26H34O5S. The van der Waals surface area contributed by atoms with Gasteiger partial charge in [0.2, 0.25) is 0 Å². The molecule has 5 nitrogen and oxygen atoms in total. The number of carbonyl (C=O) groups is 2. The summed E-state index contributed by atoms with van der Waals surface area (Å²) in [6.45, 7) is 6.19. The van der Waals surface area contributed by atoms with Crippen molar-refractivity contribution < 1.29 is 22.2 Å². The van der Waals surface area contributed by atoms with E-state index in [1.54, 1.807) is 24.3 Å². The molecule has 4 fully saturated rings. The van der Waals surface area contributed by atoms with Crippen LogP contribution in [0.15, 0.2) is 29.2 Å². The van der Waals surface area contributed by atoms with Crippen LogP contribution in [-0.2, 0) is 23.9 Å². The summed E-state index contributed by atoms with van der Waals surface area (Å²) >= 11 is 0. The first-order valence-electron chi connectivity index (χ1n) is 12.1. The van der Waals surface area contributed by atoms with Crippen LogP contribution < -0.4 is 0 Å². The second kappa shape index (κ2) is 7.49. The Labute approximate surface area is 191 Å². The molecule has 0 heterocycles. The van der Waals surface area contributed by atoms with Crippen LogP contribution in [0.3, 0.4) is 0 Å². The van der Waals surface area contributed by atoms with Crippen molar-refractivity contribution >= 4 is 21.7 Å². The maximum atomic E-state index is 13.4. The van der Waals surface area contributed by atoms with Gasteiger partial charge in [0, 0.05) is 24.2 Å². The van der Waals surface area contributed by atoms with Gasteiger partial charge in [0.25, 0.3) is 10.1 Å². The topological polar surface area (TPSA) is 77.5 Å². The number of carbonyl (C=O) groups excluding carboxylic acids is 2. The molecule has 0 amide bonds. The molecule has 7 unspecified atom stereocenters. The van der Waals surface area contributed by atoms with Gasteiger partial charge in [0.15, 0.2) is 0 Å². The van der Waals surface area contributed by atoms with Gasteiger partial charge in [-0.15, -0.1) is 0 Å². The monoisotopic (exact) mass is 458 g/mol. The molecule has 5 rings (SSSR count). The Bertz CT molecular complexity index is 1040. The van der Waals surface area contributed by atoms with Gasteiger partial charge in [0.1, 0.15) is 11.6 Å². The van der Waals surface area contributed by atoms with Gasteiger partial charge in [0.05, 0.1) is 11.0 Å². The Balaban J connectivity index is 1.34. The third kappa shape index (κ3) is 3.32. The Morgan fingerprint density at radius 1 is 1.00 bits per heavy atom. The van der Waals surface area contributed by atoms with Crippen LogP contribution in [0.4, 0.5) is 0 Å². The maximum absolute atomic E-state index is 13.4. The summed E-state index contributed by atoms with van der Waals surface area (Å²) in [5, 5.41) is 0. The van der Waals surface area contributed by atoms with Crippen molar-refractivity contribution in [2.24, 2.45) is 34.5 Å². The van der Waals surface area contributed by atoms with Crippen molar-refractivity contribution in [1.29, 1.82) is 0 Å². The Morgan fingerprint density at radius 2 is 1.72 bits per heavy atom. The molecule has 7 atom stereocenters. The van der Waals surface area contributed by atoms with E-state index in [0.29, 0.717) is 37.5 Å². The largest absolute Gasteiger partial charge is 0.299 e. The first-order chi connectivity index (χ1) is 15.0. The van der Waals surface area contributed by atoms with E-state index in [-0.39, 0.29) is 39.8 Å². The molecule has 4 aliphatic rings. The first-order valence-corrected chi connectivity index (χ1v) is 13.5. The number of rotatable bonds is 3. The number of hydrogen-bond acceptors (Lipinski definition) is 5. The van der Waals surface area contributed by atoms with Crippen LogP contribution in [0, 0.1) is 41.4 Å². The quantitative estimate of drug-likeness (QED) is 0.605. The van der Waals surface area contributed by atoms with E-state index < -0.39 is 15.5 Å². The third-order valence-corrected chi connectivity index (χ3v) is 11.0. The molecule has 0 N–H and O–H groups in total. The van der Waals surface area contributed by atoms with Crippen molar-refractivity contribution in [1.82, 2.24) is 0 Å². The summed E-state index contributed by atoms with van der Waals surface area (Å²) < 4.78 is 31.3. The summed E-state index contributed by atoms with van der Waals surface area (Å²) in [5.74, 6) is 1.44. The second-order valence-electron chi connectivity index (χ2n) is 11.3. The van der Waals surface area contributed by atoms with Gasteiger partial charge in [-0.1, -0.05) is 31.5 Å². The molecule has 0 aliphatic heterocycles. The van der Waals surface area contributed by atoms with Crippen molar-refractivity contribution in [2.45, 2.75) is 83.1 Å². The fraction of sp³-hybridized carbons (Fsp3) is 0.692. The molecule has 6 heteroatoms. The minimum absolute atomic E-state index is 0.000110. The van der Waals surface area contributed by atoms with Crippen molar-refractivity contribution in [3.05, 3.63) is 29.8 Å². The van der Waals surface area contributed by atoms with Crippen LogP contribution in [-0.4, -0.2) is 26.1 Å². The van der Waals surface area contributed by atoms with Gasteiger partial charge >= 0.3 is 0 Å². The Kier molecular flexibility index (Phi) is 5.21. The highest BCUT2D eigenvalue weighted by Crippen LogP contribution is 2.64. The lowest BCUT2D eigenvalue weighted by Crippen LogP contribution is -2.57. The predicted molar refractivity (Wildman–Crippen MR) is 120 cm³/mol.